The van der Waals surface area contributed by atoms with Gasteiger partial charge in [-0.15, -0.1) is 0 Å². The summed E-state index contributed by atoms with van der Waals surface area (Å²) in [6.45, 7) is 9.34. The Labute approximate surface area is 182 Å². The highest BCUT2D eigenvalue weighted by Crippen LogP contribution is 2.63. The van der Waals surface area contributed by atoms with Crippen molar-refractivity contribution < 1.29 is 14.5 Å². The van der Waals surface area contributed by atoms with Crippen molar-refractivity contribution in [2.45, 2.75) is 133 Å². The van der Waals surface area contributed by atoms with Crippen LogP contribution in [0.25, 0.3) is 0 Å². The Balaban J connectivity index is 1.08. The van der Waals surface area contributed by atoms with E-state index in [2.05, 4.69) is 38.3 Å². The van der Waals surface area contributed by atoms with Crippen LogP contribution in [0.3, 0.4) is 0 Å². The van der Waals surface area contributed by atoms with Crippen LogP contribution in [0.2, 0.25) is 0 Å². The maximum Gasteiger partial charge on any atom is 0.210 e. The van der Waals surface area contributed by atoms with Gasteiger partial charge in [0.1, 0.15) is 0 Å². The van der Waals surface area contributed by atoms with Crippen molar-refractivity contribution in [1.29, 1.82) is 0 Å². The standard InChI is InChI=1S/C25H42N2O3/c1-22(2)14-21(15-23(3,4)27-22)26-20-5-7-24(8-6-20)28-25(30-29-24)18-10-16-9-17(12-18)13-19(25)11-16/h16-21,26-27H,5-15H2,1-4H3. The third-order valence-electron chi connectivity index (χ3n) is 9.35. The molecule has 170 valence electrons. The maximum atomic E-state index is 6.88. The largest absolute Gasteiger partial charge is 0.312 e. The number of ether oxygens (including phenoxy) is 1. The van der Waals surface area contributed by atoms with Gasteiger partial charge in [-0.05, 0) is 97.3 Å². The number of nitrogens with one attached hydrogen (secondary N) is 2. The van der Waals surface area contributed by atoms with Crippen LogP contribution in [-0.2, 0) is 14.5 Å². The third-order valence-corrected chi connectivity index (χ3v) is 9.35. The molecule has 0 radical (unpaired) electrons. The summed E-state index contributed by atoms with van der Waals surface area (Å²) in [6.07, 6.45) is 13.1. The molecule has 2 heterocycles. The van der Waals surface area contributed by atoms with Crippen LogP contribution < -0.4 is 10.6 Å². The molecule has 5 nitrogen and oxygen atoms in total. The van der Waals surface area contributed by atoms with Gasteiger partial charge in [-0.3, -0.25) is 0 Å². The molecule has 0 aromatic rings. The highest BCUT2D eigenvalue weighted by atomic mass is 17.3. The fourth-order valence-corrected chi connectivity index (χ4v) is 8.79. The van der Waals surface area contributed by atoms with Crippen molar-refractivity contribution >= 4 is 0 Å². The van der Waals surface area contributed by atoms with Crippen LogP contribution in [-0.4, -0.2) is 34.7 Å². The van der Waals surface area contributed by atoms with E-state index in [1.54, 1.807) is 0 Å². The van der Waals surface area contributed by atoms with Crippen LogP contribution in [0.15, 0.2) is 0 Å². The van der Waals surface area contributed by atoms with Gasteiger partial charge in [0.2, 0.25) is 11.6 Å². The van der Waals surface area contributed by atoms with E-state index in [9.17, 15) is 0 Å². The lowest BCUT2D eigenvalue weighted by molar-refractivity contribution is -0.390. The van der Waals surface area contributed by atoms with Gasteiger partial charge in [-0.25, -0.2) is 0 Å². The van der Waals surface area contributed by atoms with Crippen LogP contribution in [0.1, 0.15) is 98.3 Å². The average Bonchev–Trinajstić information content (AvgIpc) is 2.99. The second-order valence-electron chi connectivity index (χ2n) is 13.1. The molecule has 7 rings (SSSR count). The van der Waals surface area contributed by atoms with Crippen LogP contribution in [0.4, 0.5) is 0 Å². The third kappa shape index (κ3) is 3.39. The molecule has 0 atom stereocenters. The van der Waals surface area contributed by atoms with Crippen molar-refractivity contribution in [3.05, 3.63) is 0 Å². The monoisotopic (exact) mass is 418 g/mol. The van der Waals surface area contributed by atoms with Gasteiger partial charge < -0.3 is 15.4 Å². The highest BCUT2D eigenvalue weighted by molar-refractivity contribution is 5.06. The summed E-state index contributed by atoms with van der Waals surface area (Å²) in [5.74, 6) is 2.05. The number of hydrogen-bond donors (Lipinski definition) is 2. The molecule has 2 N–H and O–H groups in total. The van der Waals surface area contributed by atoms with Gasteiger partial charge in [0.05, 0.1) is 0 Å². The predicted octanol–water partition coefficient (Wildman–Crippen LogP) is 4.65. The highest BCUT2D eigenvalue weighted by Gasteiger charge is 2.66. The molecule has 5 aliphatic carbocycles. The molecule has 30 heavy (non-hydrogen) atoms. The summed E-state index contributed by atoms with van der Waals surface area (Å²) in [6, 6.07) is 1.14. The van der Waals surface area contributed by atoms with E-state index in [4.69, 9.17) is 14.5 Å². The molecule has 0 aromatic carbocycles. The zero-order chi connectivity index (χ0) is 20.8. The van der Waals surface area contributed by atoms with Crippen molar-refractivity contribution in [2.24, 2.45) is 23.7 Å². The van der Waals surface area contributed by atoms with E-state index in [0.717, 1.165) is 37.5 Å². The minimum absolute atomic E-state index is 0.187. The van der Waals surface area contributed by atoms with Gasteiger partial charge in [-0.1, -0.05) is 0 Å². The first-order chi connectivity index (χ1) is 14.1. The zero-order valence-electron chi connectivity index (χ0n) is 19.5. The summed E-state index contributed by atoms with van der Waals surface area (Å²) in [5, 5.41) is 7.81. The van der Waals surface area contributed by atoms with Crippen LogP contribution in [0, 0.1) is 23.7 Å². The van der Waals surface area contributed by atoms with Gasteiger partial charge in [0.15, 0.2) is 0 Å². The Morgan fingerprint density at radius 2 is 1.30 bits per heavy atom. The van der Waals surface area contributed by atoms with Crippen molar-refractivity contribution in [3.63, 3.8) is 0 Å². The topological polar surface area (TPSA) is 51.8 Å². The molecule has 0 aromatic heterocycles. The molecular formula is C25H42N2O3. The first-order valence-corrected chi connectivity index (χ1v) is 12.8. The van der Waals surface area contributed by atoms with Crippen LogP contribution in [0.5, 0.6) is 0 Å². The lowest BCUT2D eigenvalue weighted by Crippen LogP contribution is -2.63. The number of rotatable bonds is 2. The molecule has 2 saturated heterocycles. The Hall–Kier alpha value is -0.200. The molecule has 7 aliphatic rings. The predicted molar refractivity (Wildman–Crippen MR) is 115 cm³/mol. The summed E-state index contributed by atoms with van der Waals surface area (Å²) in [5.41, 5.74) is 0.374. The molecule has 5 heteroatoms. The lowest BCUT2D eigenvalue weighted by atomic mass is 9.53. The molecule has 4 bridgehead atoms. The molecule has 2 spiro atoms. The normalized spacial score (nSPS) is 51.8. The smallest absolute Gasteiger partial charge is 0.210 e. The van der Waals surface area contributed by atoms with Gasteiger partial charge in [0, 0.05) is 47.8 Å². The molecule has 7 fully saturated rings. The van der Waals surface area contributed by atoms with E-state index in [-0.39, 0.29) is 11.1 Å². The SMILES string of the molecule is CC1(C)CC(NC2CCC3(CC2)OOC2(O3)C3CC4CC(C3)CC2C4)CC(C)(C)N1. The van der Waals surface area contributed by atoms with Crippen molar-refractivity contribution in [2.75, 3.05) is 0 Å². The fourth-order valence-electron chi connectivity index (χ4n) is 8.79. The van der Waals surface area contributed by atoms with E-state index < -0.39 is 11.6 Å². The van der Waals surface area contributed by atoms with Crippen LogP contribution >= 0.6 is 0 Å². The molecule has 5 saturated carbocycles. The number of hydrogen-bond acceptors (Lipinski definition) is 5. The molecular weight excluding hydrogens is 376 g/mol. The summed E-state index contributed by atoms with van der Waals surface area (Å²) >= 11 is 0. The second kappa shape index (κ2) is 6.66. The quantitative estimate of drug-likeness (QED) is 0.639. The second-order valence-corrected chi connectivity index (χ2v) is 13.1. The van der Waals surface area contributed by atoms with E-state index >= 15 is 0 Å². The summed E-state index contributed by atoms with van der Waals surface area (Å²) in [7, 11) is 0. The van der Waals surface area contributed by atoms with E-state index in [1.165, 1.54) is 44.9 Å². The first-order valence-electron chi connectivity index (χ1n) is 12.8. The molecule has 0 amide bonds. The maximum absolute atomic E-state index is 6.88. The molecule has 0 unspecified atom stereocenters. The lowest BCUT2D eigenvalue weighted by Gasteiger charge is -2.57. The van der Waals surface area contributed by atoms with E-state index in [0.29, 0.717) is 23.9 Å². The van der Waals surface area contributed by atoms with Gasteiger partial charge in [-0.2, -0.15) is 9.78 Å². The fraction of sp³-hybridized carbons (Fsp3) is 1.00. The Morgan fingerprint density at radius 1 is 0.733 bits per heavy atom. The minimum atomic E-state index is -0.486. The van der Waals surface area contributed by atoms with Gasteiger partial charge in [0.25, 0.3) is 0 Å². The molecule has 2 aliphatic heterocycles. The first kappa shape index (κ1) is 20.4. The zero-order valence-corrected chi connectivity index (χ0v) is 19.5. The van der Waals surface area contributed by atoms with Crippen molar-refractivity contribution in [3.8, 4) is 0 Å². The Kier molecular flexibility index (Phi) is 4.53. The Bertz CT molecular complexity index is 638. The van der Waals surface area contributed by atoms with Crippen molar-refractivity contribution in [1.82, 2.24) is 10.6 Å². The Morgan fingerprint density at radius 3 is 1.87 bits per heavy atom. The summed E-state index contributed by atoms with van der Waals surface area (Å²) < 4.78 is 6.88. The summed E-state index contributed by atoms with van der Waals surface area (Å²) in [4.78, 5) is 12.3. The average molecular weight is 419 g/mol. The minimum Gasteiger partial charge on any atom is -0.312 e. The van der Waals surface area contributed by atoms with Gasteiger partial charge >= 0.3 is 0 Å². The number of piperidine rings is 1. The van der Waals surface area contributed by atoms with E-state index in [1.807, 2.05) is 0 Å².